The van der Waals surface area contributed by atoms with E-state index in [0.717, 1.165) is 57.0 Å². The number of thiazole rings is 2. The number of unbranched alkanes of at least 4 members (excludes halogenated alkanes) is 14. The van der Waals surface area contributed by atoms with E-state index in [1.807, 2.05) is 22.7 Å². The lowest BCUT2D eigenvalue weighted by molar-refractivity contribution is 0.576. The van der Waals surface area contributed by atoms with E-state index in [1.54, 1.807) is 22.7 Å². The van der Waals surface area contributed by atoms with Gasteiger partial charge in [0, 0.05) is 66.0 Å². The average Bonchev–Trinajstić information content (AvgIpc) is 4.38. The largest absolute Gasteiger partial charge is 0.311 e. The van der Waals surface area contributed by atoms with Gasteiger partial charge in [-0.25, -0.2) is 9.97 Å². The molecule has 8 heteroatoms. The normalized spacial score (nSPS) is 11.4. The predicted molar refractivity (Wildman–Crippen MR) is 343 cm³/mol. The third-order valence-electron chi connectivity index (χ3n) is 14.7. The lowest BCUT2D eigenvalue weighted by Crippen LogP contribution is -2.09. The Morgan fingerprint density at radius 1 is 0.308 bits per heavy atom. The van der Waals surface area contributed by atoms with E-state index in [0.29, 0.717) is 0 Å². The smallest absolute Gasteiger partial charge is 0.152 e. The summed E-state index contributed by atoms with van der Waals surface area (Å²) < 4.78 is 0. The van der Waals surface area contributed by atoms with Gasteiger partial charge in [-0.2, -0.15) is 0 Å². The van der Waals surface area contributed by atoms with Gasteiger partial charge >= 0.3 is 0 Å². The van der Waals surface area contributed by atoms with Crippen molar-refractivity contribution in [2.24, 2.45) is 0 Å². The summed E-state index contributed by atoms with van der Waals surface area (Å²) in [5.41, 5.74) is 12.2. The number of anilines is 6. The first-order valence-electron chi connectivity index (χ1n) is 28.8. The van der Waals surface area contributed by atoms with Crippen LogP contribution in [0.25, 0.3) is 50.4 Å². The highest BCUT2D eigenvalue weighted by Gasteiger charge is 2.21. The zero-order chi connectivity index (χ0) is 53.1. The number of aryl methyl sites for hydroxylation is 2. The first-order chi connectivity index (χ1) is 38.6. The summed E-state index contributed by atoms with van der Waals surface area (Å²) >= 11 is 7.43. The Balaban J connectivity index is 0.908. The monoisotopic (exact) mass is 1100 g/mol. The molecule has 10 rings (SSSR count). The average molecular weight is 1100 g/mol. The fourth-order valence-corrected chi connectivity index (χ4v) is 15.1. The van der Waals surface area contributed by atoms with Gasteiger partial charge in [0.1, 0.15) is 0 Å². The summed E-state index contributed by atoms with van der Waals surface area (Å²) in [6.07, 6.45) is 27.4. The Morgan fingerprint density at radius 2 is 0.603 bits per heavy atom. The molecule has 0 unspecified atom stereocenters. The summed E-state index contributed by atoms with van der Waals surface area (Å²) in [6.45, 7) is 4.60. The lowest BCUT2D eigenvalue weighted by Gasteiger charge is -2.25. The van der Waals surface area contributed by atoms with E-state index >= 15 is 0 Å². The Bertz CT molecular complexity index is 3020. The first kappa shape index (κ1) is 54.9. The molecule has 6 aromatic carbocycles. The van der Waals surface area contributed by atoms with Crippen molar-refractivity contribution in [3.8, 4) is 50.4 Å². The number of aromatic nitrogens is 2. The molecule has 0 atom stereocenters. The van der Waals surface area contributed by atoms with Crippen LogP contribution in [0.5, 0.6) is 0 Å². The fourth-order valence-electron chi connectivity index (χ4n) is 10.5. The van der Waals surface area contributed by atoms with E-state index in [-0.39, 0.29) is 0 Å². The maximum atomic E-state index is 5.13. The maximum absolute atomic E-state index is 5.13. The molecule has 4 nitrogen and oxygen atoms in total. The Labute approximate surface area is 481 Å². The number of para-hydroxylation sites is 4. The first-order valence-corrected chi connectivity index (χ1v) is 32.1. The third-order valence-corrected chi connectivity index (χ3v) is 19.7. The predicted octanol–water partition coefficient (Wildman–Crippen LogP) is 23.4. The minimum atomic E-state index is 0.999. The molecule has 78 heavy (non-hydrogen) atoms. The molecule has 4 heterocycles. The van der Waals surface area contributed by atoms with Crippen molar-refractivity contribution in [2.75, 3.05) is 9.80 Å². The van der Waals surface area contributed by atoms with Crippen LogP contribution in [0.4, 0.5) is 34.1 Å². The van der Waals surface area contributed by atoms with Gasteiger partial charge in [0.25, 0.3) is 0 Å². The minimum Gasteiger partial charge on any atom is -0.311 e. The van der Waals surface area contributed by atoms with Crippen LogP contribution < -0.4 is 9.80 Å². The summed E-state index contributed by atoms with van der Waals surface area (Å²) in [6, 6.07) is 65.9. The van der Waals surface area contributed by atoms with Crippen molar-refractivity contribution in [1.29, 1.82) is 0 Å². The number of benzene rings is 6. The van der Waals surface area contributed by atoms with E-state index in [4.69, 9.17) is 9.97 Å². The lowest BCUT2D eigenvalue weighted by atomic mass is 10.0. The number of rotatable bonds is 29. The van der Waals surface area contributed by atoms with Crippen molar-refractivity contribution >= 4 is 79.5 Å². The standard InChI is InChI=1S/C70H74N4S4/c1-3-5-7-9-11-13-15-21-31-55-49-63(53-41-45-61(46-42-53)73(57-33-23-17-24-34-57)58-35-25-18-26-36-58)75-67(55)65-51-71-69(77-65)70-72-52-66(78-70)68-56(32-22-16-14-12-10-8-6-4-2)50-64(76-68)54-43-47-62(48-44-54)74(59-37-27-19-28-38-59)60-39-29-20-30-40-60/h17-20,23-30,33-52H,3-16,21-22,31-32H2,1-2H3. The fraction of sp³-hybridized carbons (Fsp3) is 0.286. The van der Waals surface area contributed by atoms with E-state index in [9.17, 15) is 0 Å². The number of nitrogens with zero attached hydrogens (tertiary/aromatic N) is 4. The SMILES string of the molecule is CCCCCCCCCCc1cc(-c2ccc(N(c3ccccc3)c3ccccc3)cc2)sc1-c1cnc(-c2ncc(-c3sc(-c4ccc(N(c5ccccc5)c5ccccc5)cc4)cc3CCCCCCCCCC)s2)s1. The van der Waals surface area contributed by atoms with E-state index < -0.39 is 0 Å². The Morgan fingerprint density at radius 3 is 0.923 bits per heavy atom. The summed E-state index contributed by atoms with van der Waals surface area (Å²) in [5.74, 6) is 0. The van der Waals surface area contributed by atoms with Gasteiger partial charge in [-0.1, -0.05) is 201 Å². The van der Waals surface area contributed by atoms with E-state index in [1.165, 1.54) is 154 Å². The van der Waals surface area contributed by atoms with Crippen LogP contribution in [0.3, 0.4) is 0 Å². The van der Waals surface area contributed by atoms with Crippen molar-refractivity contribution < 1.29 is 0 Å². The van der Waals surface area contributed by atoms with Crippen LogP contribution in [-0.2, 0) is 12.8 Å². The zero-order valence-electron chi connectivity index (χ0n) is 45.6. The minimum absolute atomic E-state index is 0.999. The van der Waals surface area contributed by atoms with Gasteiger partial charge < -0.3 is 9.80 Å². The molecule has 0 aliphatic heterocycles. The van der Waals surface area contributed by atoms with Gasteiger partial charge in [0.15, 0.2) is 10.0 Å². The van der Waals surface area contributed by atoms with Gasteiger partial charge in [-0.3, -0.25) is 0 Å². The molecule has 0 spiro atoms. The summed E-state index contributed by atoms with van der Waals surface area (Å²) in [4.78, 5) is 22.7. The van der Waals surface area contributed by atoms with Gasteiger partial charge in [0.2, 0.25) is 0 Å². The molecule has 0 aliphatic carbocycles. The molecule has 0 radical (unpaired) electrons. The van der Waals surface area contributed by atoms with Crippen molar-refractivity contribution in [3.05, 3.63) is 206 Å². The molecule has 0 saturated heterocycles. The molecular formula is C70H74N4S4. The molecule has 0 amide bonds. The van der Waals surface area contributed by atoms with Crippen LogP contribution in [0.15, 0.2) is 194 Å². The maximum Gasteiger partial charge on any atom is 0.152 e. The molecule has 4 aromatic heterocycles. The Kier molecular flexibility index (Phi) is 20.0. The topological polar surface area (TPSA) is 32.3 Å². The van der Waals surface area contributed by atoms with Gasteiger partial charge in [-0.05, 0) is 133 Å². The van der Waals surface area contributed by atoms with Gasteiger partial charge in [-0.15, -0.1) is 45.3 Å². The van der Waals surface area contributed by atoms with Crippen LogP contribution in [-0.4, -0.2) is 9.97 Å². The highest BCUT2D eigenvalue weighted by Crippen LogP contribution is 2.47. The Hall–Kier alpha value is -6.42. The molecule has 0 N–H and O–H groups in total. The van der Waals surface area contributed by atoms with Gasteiger partial charge in [0.05, 0.1) is 9.75 Å². The van der Waals surface area contributed by atoms with E-state index in [2.05, 4.69) is 218 Å². The third kappa shape index (κ3) is 14.2. The van der Waals surface area contributed by atoms with Crippen LogP contribution >= 0.6 is 45.3 Å². The summed E-state index contributed by atoms with van der Waals surface area (Å²) in [7, 11) is 0. The molecule has 10 aromatic rings. The molecular weight excluding hydrogens is 1030 g/mol. The second-order valence-electron chi connectivity index (χ2n) is 20.5. The molecule has 0 bridgehead atoms. The van der Waals surface area contributed by atoms with Crippen molar-refractivity contribution in [2.45, 2.75) is 129 Å². The highest BCUT2D eigenvalue weighted by atomic mass is 32.1. The van der Waals surface area contributed by atoms with Crippen LogP contribution in [0, 0.1) is 0 Å². The zero-order valence-corrected chi connectivity index (χ0v) is 48.9. The molecule has 0 aliphatic rings. The quantitative estimate of drug-likeness (QED) is 0.0438. The van der Waals surface area contributed by atoms with Crippen molar-refractivity contribution in [1.82, 2.24) is 9.97 Å². The number of hydrogen-bond donors (Lipinski definition) is 0. The van der Waals surface area contributed by atoms with Crippen LogP contribution in [0.1, 0.15) is 128 Å². The highest BCUT2D eigenvalue weighted by molar-refractivity contribution is 7.29. The van der Waals surface area contributed by atoms with Crippen molar-refractivity contribution in [3.63, 3.8) is 0 Å². The van der Waals surface area contributed by atoms with Crippen LogP contribution in [0.2, 0.25) is 0 Å². The second-order valence-corrected chi connectivity index (χ2v) is 24.7. The number of hydrogen-bond acceptors (Lipinski definition) is 8. The summed E-state index contributed by atoms with van der Waals surface area (Å²) in [5, 5.41) is 2.00. The second kappa shape index (κ2) is 28.5. The number of thiophene rings is 2. The molecule has 0 fully saturated rings. The molecule has 0 saturated carbocycles. The molecule has 398 valence electrons.